The van der Waals surface area contributed by atoms with Gasteiger partial charge in [0.2, 0.25) is 0 Å². The second-order valence-corrected chi connectivity index (χ2v) is 2.89. The average molecular weight is 205 g/mol. The van der Waals surface area contributed by atoms with Gasteiger partial charge in [-0.05, 0) is 19.1 Å². The number of rotatable bonds is 2. The Bertz CT molecular complexity index is 490. The number of nitrogens with zero attached hydrogens (tertiary/aromatic N) is 4. The Morgan fingerprint density at radius 1 is 1.33 bits per heavy atom. The van der Waals surface area contributed by atoms with E-state index in [9.17, 15) is 4.79 Å². The number of aromatic nitrogens is 5. The van der Waals surface area contributed by atoms with Gasteiger partial charge in [-0.1, -0.05) is 0 Å². The van der Waals surface area contributed by atoms with Crippen LogP contribution in [0.1, 0.15) is 16.2 Å². The molecule has 7 heteroatoms. The Labute approximate surface area is 84.2 Å². The van der Waals surface area contributed by atoms with Crippen molar-refractivity contribution < 1.29 is 9.90 Å². The lowest BCUT2D eigenvalue weighted by Crippen LogP contribution is -2.00. The summed E-state index contributed by atoms with van der Waals surface area (Å²) in [6, 6.07) is 3.37. The largest absolute Gasteiger partial charge is 0.476 e. The Kier molecular flexibility index (Phi) is 2.13. The maximum absolute atomic E-state index is 10.8. The van der Waals surface area contributed by atoms with Crippen LogP contribution in [-0.2, 0) is 0 Å². The molecule has 0 aliphatic rings. The number of aryl methyl sites for hydroxylation is 1. The lowest BCUT2D eigenvalue weighted by atomic mass is 10.2. The van der Waals surface area contributed by atoms with Gasteiger partial charge in [0.15, 0.2) is 5.69 Å². The zero-order chi connectivity index (χ0) is 10.8. The standard InChI is InChI=1S/C8H7N5O2/c1-4-2-3-5(10-9-4)6-7(8(14)15)12-13-11-6/h2-3H,1H3,(H,14,15)(H,11,12,13). The third kappa shape index (κ3) is 1.66. The topological polar surface area (TPSA) is 105 Å². The monoisotopic (exact) mass is 205 g/mol. The van der Waals surface area contributed by atoms with Crippen LogP contribution in [0.3, 0.4) is 0 Å². The van der Waals surface area contributed by atoms with Gasteiger partial charge in [0.05, 0.1) is 5.69 Å². The summed E-state index contributed by atoms with van der Waals surface area (Å²) in [6.07, 6.45) is 0. The van der Waals surface area contributed by atoms with E-state index in [1.807, 2.05) is 0 Å². The van der Waals surface area contributed by atoms with Crippen molar-refractivity contribution in [1.82, 2.24) is 25.6 Å². The molecule has 0 spiro atoms. The minimum Gasteiger partial charge on any atom is -0.476 e. The molecule has 2 N–H and O–H groups in total. The molecule has 0 saturated carbocycles. The second kappa shape index (κ2) is 3.45. The molecule has 0 amide bonds. The van der Waals surface area contributed by atoms with E-state index in [1.54, 1.807) is 19.1 Å². The van der Waals surface area contributed by atoms with Gasteiger partial charge in [-0.25, -0.2) is 4.79 Å². The van der Waals surface area contributed by atoms with Crippen molar-refractivity contribution in [2.24, 2.45) is 0 Å². The van der Waals surface area contributed by atoms with Gasteiger partial charge in [0.25, 0.3) is 0 Å². The van der Waals surface area contributed by atoms with Crippen molar-refractivity contribution in [1.29, 1.82) is 0 Å². The molecule has 0 saturated heterocycles. The maximum Gasteiger partial charge on any atom is 0.358 e. The van der Waals surface area contributed by atoms with Crippen LogP contribution in [0.4, 0.5) is 0 Å². The highest BCUT2D eigenvalue weighted by Crippen LogP contribution is 2.15. The summed E-state index contributed by atoms with van der Waals surface area (Å²) < 4.78 is 0. The highest BCUT2D eigenvalue weighted by molar-refractivity contribution is 5.91. The number of hydrogen-bond acceptors (Lipinski definition) is 5. The van der Waals surface area contributed by atoms with Crippen molar-refractivity contribution in [3.63, 3.8) is 0 Å². The van der Waals surface area contributed by atoms with Gasteiger partial charge in [0, 0.05) is 0 Å². The van der Waals surface area contributed by atoms with Gasteiger partial charge in [-0.3, -0.25) is 0 Å². The van der Waals surface area contributed by atoms with E-state index in [0.717, 1.165) is 5.69 Å². The van der Waals surface area contributed by atoms with E-state index in [4.69, 9.17) is 5.11 Å². The quantitative estimate of drug-likeness (QED) is 0.728. The fourth-order valence-electron chi connectivity index (χ4n) is 1.08. The predicted octanol–water partition coefficient (Wildman–Crippen LogP) is 0.268. The third-order valence-electron chi connectivity index (χ3n) is 1.79. The highest BCUT2D eigenvalue weighted by atomic mass is 16.4. The van der Waals surface area contributed by atoms with Gasteiger partial charge in [-0.2, -0.15) is 15.4 Å². The molecule has 7 nitrogen and oxygen atoms in total. The van der Waals surface area contributed by atoms with E-state index in [1.165, 1.54) is 0 Å². The van der Waals surface area contributed by atoms with Gasteiger partial charge < -0.3 is 5.11 Å². The van der Waals surface area contributed by atoms with E-state index in [2.05, 4.69) is 25.6 Å². The smallest absolute Gasteiger partial charge is 0.358 e. The van der Waals surface area contributed by atoms with Crippen molar-refractivity contribution in [2.45, 2.75) is 6.92 Å². The van der Waals surface area contributed by atoms with Crippen LogP contribution in [-0.4, -0.2) is 36.7 Å². The summed E-state index contributed by atoms with van der Waals surface area (Å²) in [6.45, 7) is 1.79. The number of carboxylic acid groups (broad SMARTS) is 1. The molecule has 0 aromatic carbocycles. The second-order valence-electron chi connectivity index (χ2n) is 2.89. The van der Waals surface area contributed by atoms with E-state index >= 15 is 0 Å². The summed E-state index contributed by atoms with van der Waals surface area (Å²) in [5, 5.41) is 25.9. The van der Waals surface area contributed by atoms with E-state index < -0.39 is 5.97 Å². The minimum absolute atomic E-state index is 0.159. The summed E-state index contributed by atoms with van der Waals surface area (Å²) in [5.41, 5.74) is 1.16. The molecular formula is C8H7N5O2. The molecular weight excluding hydrogens is 198 g/mol. The first-order valence-corrected chi connectivity index (χ1v) is 4.13. The minimum atomic E-state index is -1.15. The van der Waals surface area contributed by atoms with Crippen LogP contribution in [0, 0.1) is 6.92 Å². The molecule has 0 atom stereocenters. The molecule has 76 valence electrons. The zero-order valence-electron chi connectivity index (χ0n) is 7.80. The maximum atomic E-state index is 10.8. The zero-order valence-corrected chi connectivity index (χ0v) is 7.80. The van der Waals surface area contributed by atoms with E-state index in [0.29, 0.717) is 5.69 Å². The molecule has 0 unspecified atom stereocenters. The summed E-state index contributed by atoms with van der Waals surface area (Å²) in [4.78, 5) is 10.8. The lowest BCUT2D eigenvalue weighted by Gasteiger charge is -1.95. The molecule has 0 bridgehead atoms. The van der Waals surface area contributed by atoms with Crippen molar-refractivity contribution in [3.05, 3.63) is 23.5 Å². The number of H-pyrrole nitrogens is 1. The Hall–Kier alpha value is -2.31. The van der Waals surface area contributed by atoms with Gasteiger partial charge in [-0.15, -0.1) is 10.2 Å². The van der Waals surface area contributed by atoms with Crippen molar-refractivity contribution >= 4 is 5.97 Å². The van der Waals surface area contributed by atoms with Crippen LogP contribution in [0.5, 0.6) is 0 Å². The number of nitrogens with one attached hydrogen (secondary N) is 1. The summed E-state index contributed by atoms with van der Waals surface area (Å²) in [7, 11) is 0. The van der Waals surface area contributed by atoms with Gasteiger partial charge in [0.1, 0.15) is 11.4 Å². The first kappa shape index (κ1) is 9.25. The number of hydrogen-bond donors (Lipinski definition) is 2. The Morgan fingerprint density at radius 3 is 2.73 bits per heavy atom. The van der Waals surface area contributed by atoms with Crippen LogP contribution in [0.15, 0.2) is 12.1 Å². The Morgan fingerprint density at radius 2 is 2.13 bits per heavy atom. The average Bonchev–Trinajstić information content (AvgIpc) is 2.67. The van der Waals surface area contributed by atoms with Crippen LogP contribution < -0.4 is 0 Å². The molecule has 0 aliphatic carbocycles. The van der Waals surface area contributed by atoms with Crippen LogP contribution in [0.25, 0.3) is 11.4 Å². The normalized spacial score (nSPS) is 10.2. The number of carbonyl (C=O) groups is 1. The number of aromatic amines is 1. The highest BCUT2D eigenvalue weighted by Gasteiger charge is 2.17. The fraction of sp³-hybridized carbons (Fsp3) is 0.125. The first-order valence-electron chi connectivity index (χ1n) is 4.13. The number of aromatic carboxylic acids is 1. The van der Waals surface area contributed by atoms with Crippen molar-refractivity contribution in [2.75, 3.05) is 0 Å². The molecule has 15 heavy (non-hydrogen) atoms. The molecule has 2 rings (SSSR count). The van der Waals surface area contributed by atoms with Crippen LogP contribution >= 0.6 is 0 Å². The molecule has 0 aliphatic heterocycles. The van der Waals surface area contributed by atoms with Crippen molar-refractivity contribution in [3.8, 4) is 11.4 Å². The molecule has 2 aromatic heterocycles. The van der Waals surface area contributed by atoms with E-state index in [-0.39, 0.29) is 11.4 Å². The fourth-order valence-corrected chi connectivity index (χ4v) is 1.08. The summed E-state index contributed by atoms with van der Waals surface area (Å²) in [5.74, 6) is -1.15. The number of carboxylic acids is 1. The molecule has 0 radical (unpaired) electrons. The van der Waals surface area contributed by atoms with Gasteiger partial charge >= 0.3 is 5.97 Å². The first-order chi connectivity index (χ1) is 7.18. The van der Waals surface area contributed by atoms with Crippen LogP contribution in [0.2, 0.25) is 0 Å². The third-order valence-corrected chi connectivity index (χ3v) is 1.79. The molecule has 0 fully saturated rings. The Balaban J connectivity index is 2.49. The summed E-state index contributed by atoms with van der Waals surface area (Å²) >= 11 is 0. The molecule has 2 heterocycles. The molecule has 2 aromatic rings. The SMILES string of the molecule is Cc1ccc(-c2n[nH]nc2C(=O)O)nn1. The lowest BCUT2D eigenvalue weighted by molar-refractivity contribution is 0.0691. The predicted molar refractivity (Wildman–Crippen MR) is 49.1 cm³/mol.